The minimum atomic E-state index is -3.52. The summed E-state index contributed by atoms with van der Waals surface area (Å²) in [6, 6.07) is 14.6. The molecule has 0 aromatic heterocycles. The maximum atomic E-state index is 12.9. The van der Waals surface area contributed by atoms with Crippen molar-refractivity contribution in [2.45, 2.75) is 43.2 Å². The number of piperidine rings is 1. The smallest absolute Gasteiger partial charge is 0.251 e. The van der Waals surface area contributed by atoms with E-state index in [2.05, 4.69) is 5.32 Å². The SMILES string of the molecule is CCOc1ccc(N2C(=O)CC(NC3CCN(S(=O)(=O)c4ccccc4)CC3)C2=O)cc1. The second-order valence-electron chi connectivity index (χ2n) is 7.91. The summed E-state index contributed by atoms with van der Waals surface area (Å²) in [5, 5.41) is 3.28. The number of benzene rings is 2. The van der Waals surface area contributed by atoms with Crippen LogP contribution < -0.4 is 15.0 Å². The number of sulfonamides is 1. The van der Waals surface area contributed by atoms with Gasteiger partial charge in [0.2, 0.25) is 15.9 Å². The van der Waals surface area contributed by atoms with Crippen LogP contribution in [0.5, 0.6) is 5.75 Å². The Kier molecular flexibility index (Phi) is 6.59. The van der Waals surface area contributed by atoms with Crippen LogP contribution in [0.1, 0.15) is 26.2 Å². The highest BCUT2D eigenvalue weighted by atomic mass is 32.2. The highest BCUT2D eigenvalue weighted by Crippen LogP contribution is 2.27. The van der Waals surface area contributed by atoms with Crippen LogP contribution in [0.2, 0.25) is 0 Å². The molecule has 2 heterocycles. The first kappa shape index (κ1) is 22.4. The minimum absolute atomic E-state index is 0.0285. The Labute approximate surface area is 188 Å². The van der Waals surface area contributed by atoms with E-state index in [0.717, 1.165) is 0 Å². The minimum Gasteiger partial charge on any atom is -0.494 e. The van der Waals surface area contributed by atoms with Gasteiger partial charge in [-0.05, 0) is 56.2 Å². The van der Waals surface area contributed by atoms with E-state index in [4.69, 9.17) is 4.74 Å². The molecule has 0 spiro atoms. The molecule has 2 aromatic carbocycles. The van der Waals surface area contributed by atoms with Gasteiger partial charge in [0.15, 0.2) is 0 Å². The van der Waals surface area contributed by atoms with Gasteiger partial charge in [0.25, 0.3) is 5.91 Å². The van der Waals surface area contributed by atoms with Gasteiger partial charge < -0.3 is 10.1 Å². The van der Waals surface area contributed by atoms with E-state index < -0.39 is 16.1 Å². The van der Waals surface area contributed by atoms with Crippen LogP contribution in [0.3, 0.4) is 0 Å². The normalized spacial score (nSPS) is 20.7. The molecule has 8 nitrogen and oxygen atoms in total. The van der Waals surface area contributed by atoms with Gasteiger partial charge in [-0.1, -0.05) is 18.2 Å². The van der Waals surface area contributed by atoms with Gasteiger partial charge >= 0.3 is 0 Å². The van der Waals surface area contributed by atoms with E-state index >= 15 is 0 Å². The molecule has 0 radical (unpaired) electrons. The summed E-state index contributed by atoms with van der Waals surface area (Å²) < 4.78 is 32.5. The molecule has 32 heavy (non-hydrogen) atoms. The van der Waals surface area contributed by atoms with Gasteiger partial charge in [-0.25, -0.2) is 13.3 Å². The van der Waals surface area contributed by atoms with Crippen LogP contribution in [0.15, 0.2) is 59.5 Å². The first-order valence-electron chi connectivity index (χ1n) is 10.8. The number of hydrogen-bond acceptors (Lipinski definition) is 6. The number of nitrogens with zero attached hydrogens (tertiary/aromatic N) is 2. The van der Waals surface area contributed by atoms with Gasteiger partial charge in [0, 0.05) is 19.1 Å². The Morgan fingerprint density at radius 3 is 2.28 bits per heavy atom. The van der Waals surface area contributed by atoms with E-state index in [1.807, 2.05) is 6.92 Å². The van der Waals surface area contributed by atoms with Crippen molar-refractivity contribution < 1.29 is 22.7 Å². The zero-order valence-electron chi connectivity index (χ0n) is 17.9. The highest BCUT2D eigenvalue weighted by molar-refractivity contribution is 7.89. The van der Waals surface area contributed by atoms with Crippen molar-refractivity contribution in [3.05, 3.63) is 54.6 Å². The van der Waals surface area contributed by atoms with Crippen LogP contribution in [0.25, 0.3) is 0 Å². The molecule has 4 rings (SSSR count). The largest absolute Gasteiger partial charge is 0.494 e. The lowest BCUT2D eigenvalue weighted by atomic mass is 10.1. The lowest BCUT2D eigenvalue weighted by Crippen LogP contribution is -2.49. The Hall–Kier alpha value is -2.75. The lowest BCUT2D eigenvalue weighted by Gasteiger charge is -2.32. The summed E-state index contributed by atoms with van der Waals surface area (Å²) in [5.74, 6) is 0.154. The molecule has 2 aromatic rings. The Morgan fingerprint density at radius 2 is 1.66 bits per heavy atom. The number of rotatable bonds is 7. The van der Waals surface area contributed by atoms with Crippen LogP contribution in [-0.4, -0.2) is 56.3 Å². The summed E-state index contributed by atoms with van der Waals surface area (Å²) >= 11 is 0. The monoisotopic (exact) mass is 457 g/mol. The first-order chi connectivity index (χ1) is 15.4. The number of amides is 2. The number of carbonyl (C=O) groups is 2. The topological polar surface area (TPSA) is 96.0 Å². The second kappa shape index (κ2) is 9.40. The number of imide groups is 1. The van der Waals surface area contributed by atoms with Crippen molar-refractivity contribution in [3.8, 4) is 5.75 Å². The van der Waals surface area contributed by atoms with Gasteiger partial charge in [-0.3, -0.25) is 9.59 Å². The van der Waals surface area contributed by atoms with E-state index in [1.54, 1.807) is 54.6 Å². The molecule has 1 N–H and O–H groups in total. The first-order valence-corrected chi connectivity index (χ1v) is 12.2. The third kappa shape index (κ3) is 4.55. The standard InChI is InChI=1S/C23H27N3O5S/c1-2-31-19-10-8-18(9-11-19)26-22(27)16-21(23(26)28)24-17-12-14-25(15-13-17)32(29,30)20-6-4-3-5-7-20/h3-11,17,21,24H,2,12-16H2,1H3. The van der Waals surface area contributed by atoms with Gasteiger partial charge in [-0.2, -0.15) is 4.31 Å². The van der Waals surface area contributed by atoms with E-state index in [0.29, 0.717) is 44.0 Å². The molecule has 0 bridgehead atoms. The molecule has 1 unspecified atom stereocenters. The molecule has 2 saturated heterocycles. The van der Waals surface area contributed by atoms with E-state index in [-0.39, 0.29) is 29.2 Å². The van der Waals surface area contributed by atoms with Crippen molar-refractivity contribution in [1.29, 1.82) is 0 Å². The fourth-order valence-electron chi connectivity index (χ4n) is 4.18. The Morgan fingerprint density at radius 1 is 1.00 bits per heavy atom. The van der Waals surface area contributed by atoms with Crippen LogP contribution in [-0.2, 0) is 19.6 Å². The Bertz CT molecular complexity index is 1060. The van der Waals surface area contributed by atoms with Crippen molar-refractivity contribution in [1.82, 2.24) is 9.62 Å². The van der Waals surface area contributed by atoms with Crippen LogP contribution >= 0.6 is 0 Å². The molecule has 2 fully saturated rings. The van der Waals surface area contributed by atoms with Crippen LogP contribution in [0.4, 0.5) is 5.69 Å². The molecular weight excluding hydrogens is 430 g/mol. The summed E-state index contributed by atoms with van der Waals surface area (Å²) in [6.07, 6.45) is 1.24. The molecule has 170 valence electrons. The summed E-state index contributed by atoms with van der Waals surface area (Å²) in [6.45, 7) is 3.16. The zero-order chi connectivity index (χ0) is 22.7. The van der Waals surface area contributed by atoms with E-state index in [9.17, 15) is 18.0 Å². The van der Waals surface area contributed by atoms with Crippen molar-refractivity contribution >= 4 is 27.5 Å². The predicted octanol–water partition coefficient (Wildman–Crippen LogP) is 2.16. The maximum absolute atomic E-state index is 12.9. The van der Waals surface area contributed by atoms with Gasteiger partial charge in [0.1, 0.15) is 5.75 Å². The molecule has 0 aliphatic carbocycles. The molecule has 1 atom stereocenters. The zero-order valence-corrected chi connectivity index (χ0v) is 18.8. The third-order valence-electron chi connectivity index (χ3n) is 5.82. The fraction of sp³-hybridized carbons (Fsp3) is 0.391. The number of carbonyl (C=O) groups excluding carboxylic acids is 2. The molecule has 9 heteroatoms. The third-order valence-corrected chi connectivity index (χ3v) is 7.74. The molecule has 2 aliphatic heterocycles. The summed E-state index contributed by atoms with van der Waals surface area (Å²) in [7, 11) is -3.52. The maximum Gasteiger partial charge on any atom is 0.251 e. The lowest BCUT2D eigenvalue weighted by molar-refractivity contribution is -0.121. The second-order valence-corrected chi connectivity index (χ2v) is 9.85. The fourth-order valence-corrected chi connectivity index (χ4v) is 5.67. The summed E-state index contributed by atoms with van der Waals surface area (Å²) in [4.78, 5) is 26.9. The van der Waals surface area contributed by atoms with E-state index in [1.165, 1.54) is 9.21 Å². The average Bonchev–Trinajstić information content (AvgIpc) is 3.08. The quantitative estimate of drug-likeness (QED) is 0.640. The number of hydrogen-bond donors (Lipinski definition) is 1. The predicted molar refractivity (Wildman–Crippen MR) is 120 cm³/mol. The molecule has 2 aliphatic rings. The molecular formula is C23H27N3O5S. The molecule has 2 amide bonds. The number of nitrogens with one attached hydrogen (secondary N) is 1. The van der Waals surface area contributed by atoms with Crippen molar-refractivity contribution in [2.24, 2.45) is 0 Å². The summed E-state index contributed by atoms with van der Waals surface area (Å²) in [5.41, 5.74) is 0.525. The van der Waals surface area contributed by atoms with Crippen molar-refractivity contribution in [3.63, 3.8) is 0 Å². The highest BCUT2D eigenvalue weighted by Gasteiger charge is 2.41. The van der Waals surface area contributed by atoms with Gasteiger partial charge in [0.05, 0.1) is 29.7 Å². The average molecular weight is 458 g/mol. The van der Waals surface area contributed by atoms with Crippen LogP contribution in [0, 0.1) is 0 Å². The van der Waals surface area contributed by atoms with Gasteiger partial charge in [-0.15, -0.1) is 0 Å². The van der Waals surface area contributed by atoms with Crippen molar-refractivity contribution in [2.75, 3.05) is 24.6 Å². The number of ether oxygens (including phenoxy) is 1. The molecule has 0 saturated carbocycles. The number of anilines is 1. The Balaban J connectivity index is 1.35.